The number of fused-ring (bicyclic) bond motifs is 2. The highest BCUT2D eigenvalue weighted by molar-refractivity contribution is 5.73. The van der Waals surface area contributed by atoms with Gasteiger partial charge in [0.2, 0.25) is 0 Å². The number of pyridine rings is 2. The Bertz CT molecular complexity index is 1610. The number of hydrogen-bond acceptors (Lipinski definition) is 24. The van der Waals surface area contributed by atoms with Gasteiger partial charge in [-0.2, -0.15) is 0 Å². The summed E-state index contributed by atoms with van der Waals surface area (Å²) in [4.78, 5) is 26.1. The first-order valence-electron chi connectivity index (χ1n) is 25.8. The van der Waals surface area contributed by atoms with E-state index in [9.17, 15) is 0 Å². The molecule has 0 bridgehead atoms. The molecule has 72 heavy (non-hydrogen) atoms. The molecule has 4 rings (SSSR count). The van der Waals surface area contributed by atoms with Crippen LogP contribution in [0.2, 0.25) is 0 Å². The third-order valence-corrected chi connectivity index (χ3v) is 12.3. The molecule has 0 saturated heterocycles. The lowest BCUT2D eigenvalue weighted by molar-refractivity contribution is 0.0890. The number of aliphatic hydroxyl groups excluding tert-OH is 8. The van der Waals surface area contributed by atoms with Crippen molar-refractivity contribution in [2.24, 2.45) is 0 Å². The van der Waals surface area contributed by atoms with Crippen molar-refractivity contribution in [1.29, 1.82) is 0 Å². The van der Waals surface area contributed by atoms with Gasteiger partial charge in [0.15, 0.2) is 11.6 Å². The van der Waals surface area contributed by atoms with Crippen LogP contribution in [-0.4, -0.2) is 307 Å². The third-order valence-electron chi connectivity index (χ3n) is 12.3. The van der Waals surface area contributed by atoms with Crippen molar-refractivity contribution in [2.45, 2.75) is 12.8 Å². The first-order chi connectivity index (χ1) is 35.2. The highest BCUT2D eigenvalue weighted by Crippen LogP contribution is 2.33. The van der Waals surface area contributed by atoms with E-state index in [0.717, 1.165) is 88.2 Å². The molecule has 2 aromatic rings. The molecule has 24 nitrogen and oxygen atoms in total. The number of nitrogens with zero attached hydrogens (tertiary/aromatic N) is 10. The predicted molar refractivity (Wildman–Crippen MR) is 281 cm³/mol. The number of hydrogen-bond donors (Lipinski definition) is 10. The molecular formula is C48H92N12O12. The summed E-state index contributed by atoms with van der Waals surface area (Å²) < 4.78 is 23.3. The molecule has 4 heterocycles. The number of aliphatic hydroxyl groups is 8. The second-order valence-electron chi connectivity index (χ2n) is 17.5. The van der Waals surface area contributed by atoms with Crippen molar-refractivity contribution < 1.29 is 59.8 Å². The monoisotopic (exact) mass is 1030 g/mol. The summed E-state index contributed by atoms with van der Waals surface area (Å²) in [5.41, 5.74) is 15.3. The van der Waals surface area contributed by atoms with Gasteiger partial charge in [0.05, 0.1) is 128 Å². The molecule has 0 aromatic carbocycles. The summed E-state index contributed by atoms with van der Waals surface area (Å²) in [5.74, 6) is 1.79. The Kier molecular flexibility index (Phi) is 34.7. The van der Waals surface area contributed by atoms with E-state index in [1.807, 2.05) is 31.7 Å². The normalized spacial score (nSPS) is 13.7. The molecule has 0 atom stereocenters. The maximum atomic E-state index is 9.10. The molecule has 0 spiro atoms. The molecule has 24 heteroatoms. The number of ether oxygens (including phenoxy) is 4. The Morgan fingerprint density at radius 2 is 0.653 bits per heavy atom. The second kappa shape index (κ2) is 39.9. The minimum Gasteiger partial charge on any atom is -0.397 e. The van der Waals surface area contributed by atoms with Crippen molar-refractivity contribution in [3.63, 3.8) is 0 Å². The van der Waals surface area contributed by atoms with Gasteiger partial charge in [-0.25, -0.2) is 9.97 Å². The van der Waals surface area contributed by atoms with Crippen LogP contribution in [0.25, 0.3) is 0 Å². The van der Waals surface area contributed by atoms with E-state index in [1.165, 1.54) is 0 Å². The highest BCUT2D eigenvalue weighted by atomic mass is 16.5. The van der Waals surface area contributed by atoms with Crippen molar-refractivity contribution in [1.82, 2.24) is 29.6 Å². The van der Waals surface area contributed by atoms with Crippen LogP contribution in [0.1, 0.15) is 12.8 Å². The Morgan fingerprint density at radius 1 is 0.375 bits per heavy atom. The second-order valence-corrected chi connectivity index (χ2v) is 17.5. The third kappa shape index (κ3) is 25.1. The Labute approximate surface area is 427 Å². The predicted octanol–water partition coefficient (Wildman–Crippen LogP) is -3.43. The average molecular weight is 1030 g/mol. The fourth-order valence-electron chi connectivity index (χ4n) is 8.46. The SMILES string of the molecule is Nc1cnc2c(c1)N(CCOCCCN(CCO)CCO)CCN2CCOCCCN(CCO)CCO.Nc1cnc2c(c1)N(CCOCCN(CCO)CCO)CCN2CCOCCN(CCO)CCO. The van der Waals surface area contributed by atoms with Crippen LogP contribution >= 0.6 is 0 Å². The Balaban J connectivity index is 0.000000381. The van der Waals surface area contributed by atoms with Gasteiger partial charge in [-0.05, 0) is 25.0 Å². The van der Waals surface area contributed by atoms with E-state index in [-0.39, 0.29) is 52.9 Å². The van der Waals surface area contributed by atoms with Gasteiger partial charge in [-0.15, -0.1) is 0 Å². The van der Waals surface area contributed by atoms with Crippen molar-refractivity contribution >= 4 is 34.4 Å². The van der Waals surface area contributed by atoms with Crippen LogP contribution in [0.15, 0.2) is 24.5 Å². The van der Waals surface area contributed by atoms with E-state index in [0.29, 0.717) is 143 Å². The zero-order valence-electron chi connectivity index (χ0n) is 43.0. The van der Waals surface area contributed by atoms with Crippen molar-refractivity contribution in [3.05, 3.63) is 24.5 Å². The maximum Gasteiger partial charge on any atom is 0.152 e. The summed E-state index contributed by atoms with van der Waals surface area (Å²) in [7, 11) is 0. The number of nitrogen functional groups attached to an aromatic ring is 2. The van der Waals surface area contributed by atoms with Crippen LogP contribution in [0.5, 0.6) is 0 Å². The summed E-state index contributed by atoms with van der Waals surface area (Å²) >= 11 is 0. The Hall–Kier alpha value is -3.54. The quantitative estimate of drug-likeness (QED) is 0.0290. The van der Waals surface area contributed by atoms with Crippen LogP contribution in [-0.2, 0) is 18.9 Å². The summed E-state index contributed by atoms with van der Waals surface area (Å²) in [6.45, 7) is 18.7. The smallest absolute Gasteiger partial charge is 0.152 e. The lowest BCUT2D eigenvalue weighted by Crippen LogP contribution is -2.44. The first kappa shape index (κ1) is 62.8. The van der Waals surface area contributed by atoms with Crippen molar-refractivity contribution in [3.8, 4) is 0 Å². The molecule has 0 unspecified atom stereocenters. The number of rotatable bonds is 42. The fraction of sp³-hybridized carbons (Fsp3) is 0.792. The zero-order chi connectivity index (χ0) is 52.0. The largest absolute Gasteiger partial charge is 0.397 e. The van der Waals surface area contributed by atoms with E-state index >= 15 is 0 Å². The van der Waals surface area contributed by atoms with Crippen molar-refractivity contribution in [2.75, 3.05) is 268 Å². The van der Waals surface area contributed by atoms with Gasteiger partial charge >= 0.3 is 0 Å². The molecule has 0 fully saturated rings. The summed E-state index contributed by atoms with van der Waals surface area (Å²) in [5, 5.41) is 72.8. The number of anilines is 6. The minimum absolute atomic E-state index is 0.0619. The van der Waals surface area contributed by atoms with Gasteiger partial charge in [0.1, 0.15) is 0 Å². The molecule has 0 amide bonds. The van der Waals surface area contributed by atoms with Crippen LogP contribution in [0.4, 0.5) is 34.4 Å². The van der Waals surface area contributed by atoms with Gasteiger partial charge in [0, 0.05) is 144 Å². The molecule has 0 aliphatic carbocycles. The van der Waals surface area contributed by atoms with Crippen LogP contribution in [0.3, 0.4) is 0 Å². The van der Waals surface area contributed by atoms with E-state index in [1.54, 1.807) is 12.4 Å². The average Bonchev–Trinajstić information content (AvgIpc) is 3.37. The van der Waals surface area contributed by atoms with Gasteiger partial charge < -0.3 is 90.9 Å². The lowest BCUT2D eigenvalue weighted by atomic mass is 10.2. The zero-order valence-corrected chi connectivity index (χ0v) is 43.0. The van der Waals surface area contributed by atoms with Crippen LogP contribution in [0, 0.1) is 0 Å². The van der Waals surface area contributed by atoms with E-state index < -0.39 is 0 Å². The molecule has 0 saturated carbocycles. The highest BCUT2D eigenvalue weighted by Gasteiger charge is 2.25. The topological polar surface area (TPSA) is 302 Å². The van der Waals surface area contributed by atoms with E-state index in [2.05, 4.69) is 29.6 Å². The van der Waals surface area contributed by atoms with Gasteiger partial charge in [-0.3, -0.25) is 19.6 Å². The number of nitrogens with two attached hydrogens (primary N) is 2. The first-order valence-corrected chi connectivity index (χ1v) is 25.8. The minimum atomic E-state index is 0.0619. The molecule has 2 aliphatic heterocycles. The van der Waals surface area contributed by atoms with Crippen LogP contribution < -0.4 is 31.1 Å². The Morgan fingerprint density at radius 3 is 0.972 bits per heavy atom. The van der Waals surface area contributed by atoms with Gasteiger partial charge in [0.25, 0.3) is 0 Å². The maximum absolute atomic E-state index is 9.10. The fourth-order valence-corrected chi connectivity index (χ4v) is 8.46. The summed E-state index contributed by atoms with van der Waals surface area (Å²) in [6.07, 6.45) is 5.05. The summed E-state index contributed by atoms with van der Waals surface area (Å²) in [6, 6.07) is 3.91. The molecule has 2 aromatic heterocycles. The standard InChI is InChI=1S/C25H48N6O6.C23H44N6O6/c26-23-21-24-25(27-22-23)31(12-20-37-18-2-4-29(9-15-34)10-16-35)6-5-30(24)11-19-36-17-1-3-28(7-13-32)8-14-33;24-21-19-22-23(25-20-21)29(10-18-35-16-8-27(5-13-32)6-14-33)2-1-28(22)9-17-34-15-7-26(3-11-30)4-12-31/h21-22,32-35H,1-20,26H2;19-20,30-33H,1-18,24H2. The molecule has 416 valence electrons. The molecule has 0 radical (unpaired) electrons. The van der Waals surface area contributed by atoms with Gasteiger partial charge in [-0.1, -0.05) is 0 Å². The molecule has 2 aliphatic rings. The molecule has 12 N–H and O–H groups in total. The lowest BCUT2D eigenvalue weighted by Gasteiger charge is -2.38. The van der Waals surface area contributed by atoms with E-state index in [4.69, 9.17) is 71.3 Å². The number of aromatic nitrogens is 2. The molecular weight excluding hydrogens is 937 g/mol.